The summed E-state index contributed by atoms with van der Waals surface area (Å²) in [7, 11) is 3.10. The Morgan fingerprint density at radius 2 is 2.05 bits per heavy atom. The summed E-state index contributed by atoms with van der Waals surface area (Å²) in [6, 6.07) is 3.90. The summed E-state index contributed by atoms with van der Waals surface area (Å²) in [6.45, 7) is -1.13. The molecule has 0 bridgehead atoms. The standard InChI is InChI=1S/C15H20FNO5/c1-21-11-7-6-10(13(8-11)22-2)4-3-5-14(18)17-12(9-16)15(19)20/h6-8,12H,3-5,9H2,1-2H3,(H,17,18)(H,19,20). The molecule has 0 aliphatic carbocycles. The van der Waals surface area contributed by atoms with Crippen molar-refractivity contribution in [3.8, 4) is 11.5 Å². The van der Waals surface area contributed by atoms with Crippen molar-refractivity contribution in [2.75, 3.05) is 20.9 Å². The summed E-state index contributed by atoms with van der Waals surface area (Å²) in [5.74, 6) is -0.539. The Morgan fingerprint density at radius 1 is 1.32 bits per heavy atom. The van der Waals surface area contributed by atoms with Gasteiger partial charge in [-0.2, -0.15) is 0 Å². The molecule has 1 atom stereocenters. The van der Waals surface area contributed by atoms with Crippen molar-refractivity contribution in [2.45, 2.75) is 25.3 Å². The summed E-state index contributed by atoms with van der Waals surface area (Å²) < 4.78 is 22.8. The van der Waals surface area contributed by atoms with Crippen LogP contribution >= 0.6 is 0 Å². The Bertz CT molecular complexity index is 521. The van der Waals surface area contributed by atoms with Crippen LogP contribution in [-0.4, -0.2) is 43.9 Å². The summed E-state index contributed by atoms with van der Waals surface area (Å²) >= 11 is 0. The fourth-order valence-electron chi connectivity index (χ4n) is 1.93. The van der Waals surface area contributed by atoms with Gasteiger partial charge in [-0.15, -0.1) is 0 Å². The second kappa shape index (κ2) is 8.86. The van der Waals surface area contributed by atoms with Gasteiger partial charge in [0.2, 0.25) is 5.91 Å². The van der Waals surface area contributed by atoms with Crippen molar-refractivity contribution in [3.63, 3.8) is 0 Å². The number of nitrogens with one attached hydrogen (secondary N) is 1. The molecule has 122 valence electrons. The molecule has 1 rings (SSSR count). The number of aliphatic carboxylic acids is 1. The second-order valence-corrected chi connectivity index (χ2v) is 4.64. The van der Waals surface area contributed by atoms with Gasteiger partial charge in [-0.3, -0.25) is 4.79 Å². The zero-order valence-electron chi connectivity index (χ0n) is 12.6. The van der Waals surface area contributed by atoms with Gasteiger partial charge in [0, 0.05) is 12.5 Å². The molecule has 0 aliphatic heterocycles. The van der Waals surface area contributed by atoms with Crippen LogP contribution in [0.15, 0.2) is 18.2 Å². The largest absolute Gasteiger partial charge is 0.497 e. The van der Waals surface area contributed by atoms with Crippen molar-refractivity contribution in [1.29, 1.82) is 0 Å². The highest BCUT2D eigenvalue weighted by Gasteiger charge is 2.19. The molecule has 6 nitrogen and oxygen atoms in total. The molecule has 0 saturated heterocycles. The average molecular weight is 313 g/mol. The van der Waals surface area contributed by atoms with E-state index in [1.807, 2.05) is 6.07 Å². The van der Waals surface area contributed by atoms with E-state index in [4.69, 9.17) is 14.6 Å². The van der Waals surface area contributed by atoms with Gasteiger partial charge in [0.05, 0.1) is 14.2 Å². The van der Waals surface area contributed by atoms with Crippen LogP contribution in [0.5, 0.6) is 11.5 Å². The van der Waals surface area contributed by atoms with Crippen LogP contribution in [-0.2, 0) is 16.0 Å². The Kier molecular flexibility index (Phi) is 7.15. The summed E-state index contributed by atoms with van der Waals surface area (Å²) in [5.41, 5.74) is 0.913. The number of hydrogen-bond acceptors (Lipinski definition) is 4. The minimum absolute atomic E-state index is 0.110. The van der Waals surface area contributed by atoms with E-state index in [0.717, 1.165) is 5.56 Å². The van der Waals surface area contributed by atoms with Crippen LogP contribution in [0.25, 0.3) is 0 Å². The smallest absolute Gasteiger partial charge is 0.328 e. The van der Waals surface area contributed by atoms with Gasteiger partial charge >= 0.3 is 5.97 Å². The lowest BCUT2D eigenvalue weighted by Gasteiger charge is -2.12. The molecular weight excluding hydrogens is 293 g/mol. The molecule has 1 unspecified atom stereocenters. The molecule has 0 spiro atoms. The lowest BCUT2D eigenvalue weighted by atomic mass is 10.1. The van der Waals surface area contributed by atoms with E-state index in [2.05, 4.69) is 5.32 Å². The third kappa shape index (κ3) is 5.23. The monoisotopic (exact) mass is 313 g/mol. The molecule has 0 aromatic heterocycles. The summed E-state index contributed by atoms with van der Waals surface area (Å²) in [5, 5.41) is 10.8. The van der Waals surface area contributed by atoms with Gasteiger partial charge in [-0.1, -0.05) is 6.07 Å². The molecule has 0 fully saturated rings. The molecule has 0 heterocycles. The molecule has 0 aliphatic rings. The number of rotatable bonds is 9. The minimum Gasteiger partial charge on any atom is -0.497 e. The van der Waals surface area contributed by atoms with Crippen LogP contribution in [0.1, 0.15) is 18.4 Å². The SMILES string of the molecule is COc1ccc(CCCC(=O)NC(CF)C(=O)O)c(OC)c1. The molecule has 0 saturated carbocycles. The Morgan fingerprint density at radius 3 is 2.59 bits per heavy atom. The summed E-state index contributed by atoms with van der Waals surface area (Å²) in [4.78, 5) is 22.2. The maximum Gasteiger partial charge on any atom is 0.328 e. The number of halogens is 1. The number of ether oxygens (including phenoxy) is 2. The number of methoxy groups -OCH3 is 2. The maximum absolute atomic E-state index is 12.4. The predicted octanol–water partition coefficient (Wildman–Crippen LogP) is 1.57. The van der Waals surface area contributed by atoms with Crippen molar-refractivity contribution in [2.24, 2.45) is 0 Å². The molecule has 1 amide bonds. The van der Waals surface area contributed by atoms with Crippen LogP contribution in [0.2, 0.25) is 0 Å². The number of hydrogen-bond donors (Lipinski definition) is 2. The number of carbonyl (C=O) groups is 2. The van der Waals surface area contributed by atoms with Crippen LogP contribution in [0.4, 0.5) is 4.39 Å². The molecule has 22 heavy (non-hydrogen) atoms. The molecular formula is C15H20FNO5. The van der Waals surface area contributed by atoms with Gasteiger partial charge in [0.15, 0.2) is 6.04 Å². The lowest BCUT2D eigenvalue weighted by molar-refractivity contribution is -0.142. The highest BCUT2D eigenvalue weighted by Crippen LogP contribution is 2.25. The third-order valence-corrected chi connectivity index (χ3v) is 3.13. The third-order valence-electron chi connectivity index (χ3n) is 3.13. The lowest BCUT2D eigenvalue weighted by Crippen LogP contribution is -2.42. The van der Waals surface area contributed by atoms with Crippen molar-refractivity contribution < 1.29 is 28.6 Å². The highest BCUT2D eigenvalue weighted by molar-refractivity contribution is 5.83. The van der Waals surface area contributed by atoms with Crippen molar-refractivity contribution in [1.82, 2.24) is 5.32 Å². The van der Waals surface area contributed by atoms with Gasteiger partial charge in [-0.05, 0) is 24.5 Å². The Labute approximate surface area is 128 Å². The quantitative estimate of drug-likeness (QED) is 0.723. The minimum atomic E-state index is -1.48. The van der Waals surface area contributed by atoms with Crippen LogP contribution < -0.4 is 14.8 Å². The van der Waals surface area contributed by atoms with E-state index in [9.17, 15) is 14.0 Å². The Hall–Kier alpha value is -2.31. The van der Waals surface area contributed by atoms with E-state index >= 15 is 0 Å². The van der Waals surface area contributed by atoms with Crippen LogP contribution in [0.3, 0.4) is 0 Å². The van der Waals surface area contributed by atoms with Gasteiger partial charge in [-0.25, -0.2) is 9.18 Å². The first-order valence-electron chi connectivity index (χ1n) is 6.80. The average Bonchev–Trinajstić information content (AvgIpc) is 2.52. The van der Waals surface area contributed by atoms with Gasteiger partial charge in [0.1, 0.15) is 18.2 Å². The van der Waals surface area contributed by atoms with Crippen molar-refractivity contribution >= 4 is 11.9 Å². The zero-order valence-corrected chi connectivity index (χ0v) is 12.6. The van der Waals surface area contributed by atoms with Gasteiger partial charge in [0.25, 0.3) is 0 Å². The summed E-state index contributed by atoms with van der Waals surface area (Å²) in [6.07, 6.45) is 1.18. The van der Waals surface area contributed by atoms with E-state index in [1.165, 1.54) is 0 Å². The van der Waals surface area contributed by atoms with Crippen molar-refractivity contribution in [3.05, 3.63) is 23.8 Å². The van der Waals surface area contributed by atoms with E-state index < -0.39 is 24.6 Å². The Balaban J connectivity index is 2.50. The van der Waals surface area contributed by atoms with E-state index in [0.29, 0.717) is 24.3 Å². The van der Waals surface area contributed by atoms with Crippen LogP contribution in [0, 0.1) is 0 Å². The maximum atomic E-state index is 12.4. The first kappa shape index (κ1) is 17.7. The van der Waals surface area contributed by atoms with Gasteiger partial charge < -0.3 is 19.9 Å². The number of carboxylic acids is 1. The molecule has 1 aromatic carbocycles. The molecule has 0 radical (unpaired) electrons. The molecule has 7 heteroatoms. The first-order valence-corrected chi connectivity index (χ1v) is 6.80. The number of amides is 1. The van der Waals surface area contributed by atoms with E-state index in [1.54, 1.807) is 26.4 Å². The topological polar surface area (TPSA) is 84.9 Å². The predicted molar refractivity (Wildman–Crippen MR) is 78.0 cm³/mol. The molecule has 2 N–H and O–H groups in total. The van der Waals surface area contributed by atoms with E-state index in [-0.39, 0.29) is 6.42 Å². The number of carbonyl (C=O) groups excluding carboxylic acids is 1. The number of carboxylic acid groups (broad SMARTS) is 1. The first-order chi connectivity index (χ1) is 10.5. The fourth-order valence-corrected chi connectivity index (χ4v) is 1.93. The fraction of sp³-hybridized carbons (Fsp3) is 0.467. The number of benzene rings is 1. The zero-order chi connectivity index (χ0) is 16.5. The molecule has 1 aromatic rings. The number of aryl methyl sites for hydroxylation is 1. The number of alkyl halides is 1. The highest BCUT2D eigenvalue weighted by atomic mass is 19.1. The second-order valence-electron chi connectivity index (χ2n) is 4.64. The normalized spacial score (nSPS) is 11.6.